The zero-order chi connectivity index (χ0) is 17.6. The normalized spacial score (nSPS) is 13.2. The molecule has 1 atom stereocenters. The molecule has 1 unspecified atom stereocenters. The van der Waals surface area contributed by atoms with Gasteiger partial charge in [-0.3, -0.25) is 4.99 Å². The Labute approximate surface area is 166 Å². The highest BCUT2D eigenvalue weighted by molar-refractivity contribution is 14.0. The monoisotopic (exact) mass is 476 g/mol. The van der Waals surface area contributed by atoms with E-state index in [1.165, 1.54) is 19.3 Å². The molecule has 8 heteroatoms. The average molecular weight is 476 g/mol. The molecule has 146 valence electrons. The van der Waals surface area contributed by atoms with Gasteiger partial charge in [-0.05, 0) is 32.6 Å². The summed E-state index contributed by atoms with van der Waals surface area (Å²) in [6, 6.07) is 0. The lowest BCUT2D eigenvalue weighted by Crippen LogP contribution is -2.39. The number of rotatable bonds is 13. The van der Waals surface area contributed by atoms with Crippen molar-refractivity contribution in [1.82, 2.24) is 15.4 Å². The second-order valence-corrected chi connectivity index (χ2v) is 7.81. The Balaban J connectivity index is 0. The fourth-order valence-corrected chi connectivity index (χ4v) is 2.76. The molecule has 0 saturated heterocycles. The van der Waals surface area contributed by atoms with Gasteiger partial charge in [-0.1, -0.05) is 33.1 Å². The van der Waals surface area contributed by atoms with Gasteiger partial charge in [0.15, 0.2) is 5.96 Å². The van der Waals surface area contributed by atoms with Crippen LogP contribution in [0.1, 0.15) is 59.8 Å². The molecule has 0 saturated carbocycles. The van der Waals surface area contributed by atoms with Crippen LogP contribution in [0, 0.1) is 5.92 Å². The SMILES string of the molecule is CCCCC(CC)CN=C(NCC)NCCCNS(=O)(=O)CC.I. The molecule has 0 rings (SSSR count). The van der Waals surface area contributed by atoms with Crippen molar-refractivity contribution in [1.29, 1.82) is 0 Å². The Morgan fingerprint density at radius 3 is 2.29 bits per heavy atom. The molecule has 0 amide bonds. The lowest BCUT2D eigenvalue weighted by atomic mass is 10.00. The first-order valence-electron chi connectivity index (χ1n) is 8.98. The maximum Gasteiger partial charge on any atom is 0.211 e. The van der Waals surface area contributed by atoms with Crippen LogP contribution in [-0.4, -0.2) is 46.3 Å². The molecule has 0 bridgehead atoms. The molecule has 0 aliphatic carbocycles. The number of unbranched alkanes of at least 4 members (excludes halogenated alkanes) is 1. The van der Waals surface area contributed by atoms with Crippen LogP contribution in [0.15, 0.2) is 4.99 Å². The molecule has 3 N–H and O–H groups in total. The first kappa shape index (κ1) is 26.1. The second kappa shape index (κ2) is 16.4. The van der Waals surface area contributed by atoms with Crippen LogP contribution in [0.2, 0.25) is 0 Å². The van der Waals surface area contributed by atoms with Crippen LogP contribution in [0.25, 0.3) is 0 Å². The number of hydrogen-bond donors (Lipinski definition) is 3. The van der Waals surface area contributed by atoms with E-state index in [0.717, 1.165) is 31.9 Å². The van der Waals surface area contributed by atoms with Crippen LogP contribution in [0.4, 0.5) is 0 Å². The van der Waals surface area contributed by atoms with Gasteiger partial charge in [-0.15, -0.1) is 24.0 Å². The van der Waals surface area contributed by atoms with Gasteiger partial charge in [0.25, 0.3) is 0 Å². The van der Waals surface area contributed by atoms with E-state index < -0.39 is 10.0 Å². The minimum atomic E-state index is -3.09. The van der Waals surface area contributed by atoms with Gasteiger partial charge in [0.2, 0.25) is 10.0 Å². The maximum atomic E-state index is 11.3. The van der Waals surface area contributed by atoms with Crippen LogP contribution in [0.3, 0.4) is 0 Å². The standard InChI is InChI=1S/C16H36N4O2S.HI/c1-5-9-11-15(6-2)14-19-16(17-7-3)18-12-10-13-20-23(21,22)8-4;/h15,20H,5-14H2,1-4H3,(H2,17,18,19);1H. The Bertz CT molecular complexity index is 416. The fourth-order valence-electron chi connectivity index (χ4n) is 2.10. The van der Waals surface area contributed by atoms with Crippen LogP contribution < -0.4 is 15.4 Å². The molecule has 0 radical (unpaired) electrons. The summed E-state index contributed by atoms with van der Waals surface area (Å²) in [6.07, 6.45) is 5.61. The predicted octanol–water partition coefficient (Wildman–Crippen LogP) is 2.71. The molecule has 24 heavy (non-hydrogen) atoms. The molecule has 0 aromatic carbocycles. The van der Waals surface area contributed by atoms with Gasteiger partial charge in [0.05, 0.1) is 5.75 Å². The number of nitrogens with zero attached hydrogens (tertiary/aromatic N) is 1. The van der Waals surface area contributed by atoms with E-state index in [2.05, 4.69) is 34.2 Å². The van der Waals surface area contributed by atoms with Gasteiger partial charge < -0.3 is 10.6 Å². The van der Waals surface area contributed by atoms with E-state index in [9.17, 15) is 8.42 Å². The van der Waals surface area contributed by atoms with Gasteiger partial charge in [-0.25, -0.2) is 13.1 Å². The minimum Gasteiger partial charge on any atom is -0.357 e. The van der Waals surface area contributed by atoms with Crippen molar-refractivity contribution >= 4 is 40.0 Å². The van der Waals surface area contributed by atoms with Crippen LogP contribution >= 0.6 is 24.0 Å². The molecule has 0 aliphatic heterocycles. The lowest BCUT2D eigenvalue weighted by Gasteiger charge is -2.15. The number of nitrogens with one attached hydrogen (secondary N) is 3. The van der Waals surface area contributed by atoms with Crippen molar-refractivity contribution in [3.8, 4) is 0 Å². The minimum absolute atomic E-state index is 0. The zero-order valence-corrected chi connectivity index (χ0v) is 18.9. The Morgan fingerprint density at radius 2 is 1.75 bits per heavy atom. The largest absolute Gasteiger partial charge is 0.357 e. The fraction of sp³-hybridized carbons (Fsp3) is 0.938. The van der Waals surface area contributed by atoms with Gasteiger partial charge in [-0.2, -0.15) is 0 Å². The number of halogens is 1. The summed E-state index contributed by atoms with van der Waals surface area (Å²) in [5.41, 5.74) is 0. The van der Waals surface area contributed by atoms with Gasteiger partial charge >= 0.3 is 0 Å². The van der Waals surface area contributed by atoms with E-state index in [0.29, 0.717) is 19.0 Å². The topological polar surface area (TPSA) is 82.6 Å². The summed E-state index contributed by atoms with van der Waals surface area (Å²) in [7, 11) is -3.09. The summed E-state index contributed by atoms with van der Waals surface area (Å²) in [5.74, 6) is 1.59. The third kappa shape index (κ3) is 14.3. The van der Waals surface area contributed by atoms with Crippen molar-refractivity contribution in [3.63, 3.8) is 0 Å². The van der Waals surface area contributed by atoms with E-state index >= 15 is 0 Å². The highest BCUT2D eigenvalue weighted by Gasteiger charge is 2.07. The molecule has 0 spiro atoms. The second-order valence-electron chi connectivity index (χ2n) is 5.71. The highest BCUT2D eigenvalue weighted by Crippen LogP contribution is 2.12. The Hall–Kier alpha value is -0.0900. The number of sulfonamides is 1. The predicted molar refractivity (Wildman–Crippen MR) is 115 cm³/mol. The highest BCUT2D eigenvalue weighted by atomic mass is 127. The van der Waals surface area contributed by atoms with Crippen molar-refractivity contribution in [2.45, 2.75) is 59.8 Å². The molecular weight excluding hydrogens is 439 g/mol. The van der Waals surface area contributed by atoms with E-state index in [-0.39, 0.29) is 29.7 Å². The molecule has 0 aromatic rings. The molecule has 0 aromatic heterocycles. The van der Waals surface area contributed by atoms with Crippen molar-refractivity contribution in [3.05, 3.63) is 0 Å². The summed E-state index contributed by atoms with van der Waals surface area (Å²) < 4.78 is 25.2. The number of aliphatic imine (C=N–C) groups is 1. The van der Waals surface area contributed by atoms with Crippen molar-refractivity contribution in [2.75, 3.05) is 31.9 Å². The van der Waals surface area contributed by atoms with Gasteiger partial charge in [0.1, 0.15) is 0 Å². The molecular formula is C16H37IN4O2S. The quantitative estimate of drug-likeness (QED) is 0.165. The lowest BCUT2D eigenvalue weighted by molar-refractivity contribution is 0.461. The third-order valence-corrected chi connectivity index (χ3v) is 5.15. The van der Waals surface area contributed by atoms with Crippen LogP contribution in [-0.2, 0) is 10.0 Å². The first-order valence-corrected chi connectivity index (χ1v) is 10.6. The smallest absolute Gasteiger partial charge is 0.211 e. The number of guanidine groups is 1. The number of hydrogen-bond acceptors (Lipinski definition) is 3. The van der Waals surface area contributed by atoms with E-state index in [1.54, 1.807) is 6.92 Å². The third-order valence-electron chi connectivity index (χ3n) is 3.74. The van der Waals surface area contributed by atoms with E-state index in [1.807, 2.05) is 6.92 Å². The van der Waals surface area contributed by atoms with E-state index in [4.69, 9.17) is 0 Å². The molecule has 0 heterocycles. The van der Waals surface area contributed by atoms with Crippen molar-refractivity contribution < 1.29 is 8.42 Å². The molecule has 6 nitrogen and oxygen atoms in total. The average Bonchev–Trinajstić information content (AvgIpc) is 2.54. The van der Waals surface area contributed by atoms with Crippen molar-refractivity contribution in [2.24, 2.45) is 10.9 Å². The zero-order valence-electron chi connectivity index (χ0n) is 15.7. The summed E-state index contributed by atoms with van der Waals surface area (Å²) >= 11 is 0. The molecule has 0 fully saturated rings. The maximum absolute atomic E-state index is 11.3. The Kier molecular flexibility index (Phi) is 17.8. The summed E-state index contributed by atoms with van der Waals surface area (Å²) in [6.45, 7) is 10.9. The van der Waals surface area contributed by atoms with Crippen LogP contribution in [0.5, 0.6) is 0 Å². The van der Waals surface area contributed by atoms with Gasteiger partial charge in [0, 0.05) is 26.2 Å². The summed E-state index contributed by atoms with van der Waals surface area (Å²) in [5, 5.41) is 6.50. The molecule has 0 aliphatic rings. The first-order chi connectivity index (χ1) is 11.0. The summed E-state index contributed by atoms with van der Waals surface area (Å²) in [4.78, 5) is 4.66. The Morgan fingerprint density at radius 1 is 1.04 bits per heavy atom.